The minimum atomic E-state index is 0.0409. The molecule has 0 spiro atoms. The summed E-state index contributed by atoms with van der Waals surface area (Å²) in [5.74, 6) is 0.0409. The lowest BCUT2D eigenvalue weighted by Gasteiger charge is -2.19. The molecule has 1 aromatic heterocycles. The van der Waals surface area contributed by atoms with E-state index >= 15 is 0 Å². The van der Waals surface area contributed by atoms with Crippen molar-refractivity contribution in [1.29, 1.82) is 0 Å². The van der Waals surface area contributed by atoms with Crippen molar-refractivity contribution in [2.75, 3.05) is 11.9 Å². The lowest BCUT2D eigenvalue weighted by atomic mass is 10.1. The first-order valence-corrected chi connectivity index (χ1v) is 7.29. The summed E-state index contributed by atoms with van der Waals surface area (Å²) in [5.41, 5.74) is 1.24. The molecule has 2 N–H and O–H groups in total. The molecular formula is C13H21N3OS. The average Bonchev–Trinajstić information content (AvgIpc) is 2.75. The minimum absolute atomic E-state index is 0.0409. The highest BCUT2D eigenvalue weighted by atomic mass is 32.1. The first-order chi connectivity index (χ1) is 8.44. The molecule has 0 fully saturated rings. The van der Waals surface area contributed by atoms with E-state index in [4.69, 9.17) is 0 Å². The number of rotatable bonds is 4. The third-order valence-electron chi connectivity index (χ3n) is 2.85. The number of nitrogens with zero attached hydrogens (tertiary/aromatic N) is 1. The summed E-state index contributed by atoms with van der Waals surface area (Å²) in [4.78, 5) is 17.5. The molecular weight excluding hydrogens is 246 g/mol. The van der Waals surface area contributed by atoms with Crippen LogP contribution < -0.4 is 10.6 Å². The SMILES string of the molecule is CC(C)(C)NCCC(=O)Nc1nc2c(s1)CCC2. The molecule has 1 aliphatic carbocycles. The van der Waals surface area contributed by atoms with E-state index in [1.807, 2.05) is 0 Å². The van der Waals surface area contributed by atoms with Crippen molar-refractivity contribution in [1.82, 2.24) is 10.3 Å². The van der Waals surface area contributed by atoms with Crippen LogP contribution in [0.2, 0.25) is 0 Å². The molecule has 0 bridgehead atoms. The van der Waals surface area contributed by atoms with Crippen molar-refractivity contribution >= 4 is 22.4 Å². The Hall–Kier alpha value is -0.940. The molecule has 2 rings (SSSR count). The number of carbonyl (C=O) groups is 1. The van der Waals surface area contributed by atoms with Crippen molar-refractivity contribution in [2.24, 2.45) is 0 Å². The van der Waals surface area contributed by atoms with Crippen LogP contribution in [0.3, 0.4) is 0 Å². The van der Waals surface area contributed by atoms with Gasteiger partial charge < -0.3 is 10.6 Å². The zero-order chi connectivity index (χ0) is 13.2. The van der Waals surface area contributed by atoms with Gasteiger partial charge in [0.15, 0.2) is 5.13 Å². The van der Waals surface area contributed by atoms with Crippen molar-refractivity contribution in [2.45, 2.75) is 52.0 Å². The van der Waals surface area contributed by atoms with Crippen LogP contribution in [-0.2, 0) is 17.6 Å². The van der Waals surface area contributed by atoms with Gasteiger partial charge in [-0.05, 0) is 40.0 Å². The number of thiazole rings is 1. The summed E-state index contributed by atoms with van der Waals surface area (Å²) in [6.45, 7) is 6.98. The molecule has 18 heavy (non-hydrogen) atoms. The summed E-state index contributed by atoms with van der Waals surface area (Å²) >= 11 is 1.63. The predicted octanol–water partition coefficient (Wildman–Crippen LogP) is 2.35. The normalized spacial score (nSPS) is 14.6. The fourth-order valence-electron chi connectivity index (χ4n) is 1.98. The maximum absolute atomic E-state index is 11.7. The van der Waals surface area contributed by atoms with Crippen molar-refractivity contribution in [3.63, 3.8) is 0 Å². The van der Waals surface area contributed by atoms with Crippen molar-refractivity contribution < 1.29 is 4.79 Å². The molecule has 1 amide bonds. The molecule has 0 saturated carbocycles. The van der Waals surface area contributed by atoms with Gasteiger partial charge in [-0.1, -0.05) is 0 Å². The molecule has 5 heteroatoms. The summed E-state index contributed by atoms with van der Waals surface area (Å²) in [7, 11) is 0. The number of hydrogen-bond donors (Lipinski definition) is 2. The van der Waals surface area contributed by atoms with Gasteiger partial charge >= 0.3 is 0 Å². The lowest BCUT2D eigenvalue weighted by Crippen LogP contribution is -2.37. The van der Waals surface area contributed by atoms with Gasteiger partial charge in [0.25, 0.3) is 0 Å². The number of hydrogen-bond acceptors (Lipinski definition) is 4. The van der Waals surface area contributed by atoms with E-state index in [2.05, 4.69) is 36.4 Å². The highest BCUT2D eigenvalue weighted by molar-refractivity contribution is 7.15. The molecule has 0 aromatic carbocycles. The van der Waals surface area contributed by atoms with Crippen LogP contribution in [0.1, 0.15) is 44.2 Å². The topological polar surface area (TPSA) is 54.0 Å². The largest absolute Gasteiger partial charge is 0.312 e. The van der Waals surface area contributed by atoms with Gasteiger partial charge in [-0.15, -0.1) is 11.3 Å². The molecule has 4 nitrogen and oxygen atoms in total. The number of amides is 1. The van der Waals surface area contributed by atoms with Crippen LogP contribution in [-0.4, -0.2) is 23.0 Å². The first-order valence-electron chi connectivity index (χ1n) is 6.47. The number of anilines is 1. The van der Waals surface area contributed by atoms with Crippen LogP contribution in [0.25, 0.3) is 0 Å². The smallest absolute Gasteiger partial charge is 0.227 e. The number of aryl methyl sites for hydroxylation is 2. The summed E-state index contributed by atoms with van der Waals surface area (Å²) in [6.07, 6.45) is 3.88. The number of aromatic nitrogens is 1. The second-order valence-corrected chi connectivity index (χ2v) is 6.80. The van der Waals surface area contributed by atoms with Gasteiger partial charge in [-0.3, -0.25) is 4.79 Å². The predicted molar refractivity (Wildman–Crippen MR) is 75.1 cm³/mol. The van der Waals surface area contributed by atoms with E-state index in [0.29, 0.717) is 13.0 Å². The van der Waals surface area contributed by atoms with Crippen LogP contribution in [0.5, 0.6) is 0 Å². The molecule has 0 unspecified atom stereocenters. The molecule has 1 aromatic rings. The van der Waals surface area contributed by atoms with Crippen molar-refractivity contribution in [3.8, 4) is 0 Å². The maximum atomic E-state index is 11.7. The maximum Gasteiger partial charge on any atom is 0.227 e. The Morgan fingerprint density at radius 1 is 1.39 bits per heavy atom. The molecule has 0 atom stereocenters. The van der Waals surface area contributed by atoms with Gasteiger partial charge in [0.1, 0.15) is 0 Å². The highest BCUT2D eigenvalue weighted by Gasteiger charge is 2.17. The Morgan fingerprint density at radius 3 is 2.83 bits per heavy atom. The van der Waals surface area contributed by atoms with Gasteiger partial charge in [0.05, 0.1) is 5.69 Å². The van der Waals surface area contributed by atoms with E-state index in [1.165, 1.54) is 17.0 Å². The second kappa shape index (κ2) is 5.36. The van der Waals surface area contributed by atoms with Crippen LogP contribution in [0, 0.1) is 0 Å². The average molecular weight is 267 g/mol. The minimum Gasteiger partial charge on any atom is -0.312 e. The first kappa shape index (κ1) is 13.5. The summed E-state index contributed by atoms with van der Waals surface area (Å²) < 4.78 is 0. The summed E-state index contributed by atoms with van der Waals surface area (Å²) in [5, 5.41) is 6.95. The molecule has 0 radical (unpaired) electrons. The van der Waals surface area contributed by atoms with Crippen LogP contribution in [0.4, 0.5) is 5.13 Å². The molecule has 100 valence electrons. The summed E-state index contributed by atoms with van der Waals surface area (Å²) in [6, 6.07) is 0. The van der Waals surface area contributed by atoms with Crippen LogP contribution in [0.15, 0.2) is 0 Å². The Morgan fingerprint density at radius 2 is 2.17 bits per heavy atom. The fraction of sp³-hybridized carbons (Fsp3) is 0.692. The Labute approximate surface area is 112 Å². The third kappa shape index (κ3) is 3.78. The Kier molecular flexibility index (Phi) is 4.02. The Bertz CT molecular complexity index is 412. The number of fused-ring (bicyclic) bond motifs is 1. The van der Waals surface area contributed by atoms with E-state index in [1.54, 1.807) is 11.3 Å². The standard InChI is InChI=1S/C13H21N3OS/c1-13(2,3)14-8-7-11(17)16-12-15-9-5-4-6-10(9)18-12/h14H,4-8H2,1-3H3,(H,15,16,17). The molecule has 0 saturated heterocycles. The van der Waals surface area contributed by atoms with E-state index in [-0.39, 0.29) is 11.4 Å². The monoisotopic (exact) mass is 267 g/mol. The molecule has 1 aliphatic rings. The zero-order valence-corrected chi connectivity index (χ0v) is 12.1. The van der Waals surface area contributed by atoms with Crippen LogP contribution >= 0.6 is 11.3 Å². The number of nitrogens with one attached hydrogen (secondary N) is 2. The van der Waals surface area contributed by atoms with E-state index in [0.717, 1.165) is 18.0 Å². The van der Waals surface area contributed by atoms with Gasteiger partial charge in [-0.25, -0.2) is 4.98 Å². The van der Waals surface area contributed by atoms with E-state index < -0.39 is 0 Å². The fourth-order valence-corrected chi connectivity index (χ4v) is 3.04. The van der Waals surface area contributed by atoms with Gasteiger partial charge in [0.2, 0.25) is 5.91 Å². The second-order valence-electron chi connectivity index (χ2n) is 5.72. The van der Waals surface area contributed by atoms with E-state index in [9.17, 15) is 4.79 Å². The molecule has 1 heterocycles. The number of carbonyl (C=O) groups excluding carboxylic acids is 1. The van der Waals surface area contributed by atoms with Gasteiger partial charge in [-0.2, -0.15) is 0 Å². The quantitative estimate of drug-likeness (QED) is 0.880. The van der Waals surface area contributed by atoms with Crippen molar-refractivity contribution in [3.05, 3.63) is 10.6 Å². The van der Waals surface area contributed by atoms with Gasteiger partial charge in [0, 0.05) is 23.4 Å². The third-order valence-corrected chi connectivity index (χ3v) is 3.92. The zero-order valence-electron chi connectivity index (χ0n) is 11.3. The molecule has 0 aliphatic heterocycles. The highest BCUT2D eigenvalue weighted by Crippen LogP contribution is 2.30. The lowest BCUT2D eigenvalue weighted by molar-refractivity contribution is -0.116. The Balaban J connectivity index is 1.77.